The molecule has 0 amide bonds. The third-order valence-corrected chi connectivity index (χ3v) is 2.91. The fourth-order valence-corrected chi connectivity index (χ4v) is 2.08. The van der Waals surface area contributed by atoms with Crippen molar-refractivity contribution in [2.24, 2.45) is 0 Å². The van der Waals surface area contributed by atoms with E-state index < -0.39 is 42.6 Å². The Kier molecular flexibility index (Phi) is 6.34. The number of esters is 2. The molecule has 0 aromatic carbocycles. The second-order valence-corrected chi connectivity index (χ2v) is 4.34. The van der Waals surface area contributed by atoms with Crippen LogP contribution < -0.4 is 0 Å². The highest BCUT2D eigenvalue weighted by molar-refractivity contribution is 5.66. The van der Waals surface area contributed by atoms with E-state index in [1.807, 2.05) is 0 Å². The van der Waals surface area contributed by atoms with E-state index in [4.69, 9.17) is 23.7 Å². The summed E-state index contributed by atoms with van der Waals surface area (Å²) in [6.45, 7) is 2.31. The minimum absolute atomic E-state index is 0.166. The molecule has 1 rings (SSSR count). The molecule has 1 fully saturated rings. The molecule has 0 spiro atoms. The molecule has 0 aromatic rings. The summed E-state index contributed by atoms with van der Waals surface area (Å²) in [4.78, 5) is 22.1. The lowest BCUT2D eigenvalue weighted by Gasteiger charge is -2.42. The van der Waals surface area contributed by atoms with Gasteiger partial charge in [-0.25, -0.2) is 0 Å². The maximum atomic E-state index is 11.2. The van der Waals surface area contributed by atoms with Crippen LogP contribution in [-0.2, 0) is 33.3 Å². The van der Waals surface area contributed by atoms with Gasteiger partial charge in [0.05, 0.1) is 0 Å². The molecule has 8 nitrogen and oxygen atoms in total. The van der Waals surface area contributed by atoms with Crippen molar-refractivity contribution in [2.45, 2.75) is 44.6 Å². The van der Waals surface area contributed by atoms with Crippen LogP contribution in [0, 0.1) is 0 Å². The zero-order valence-electron chi connectivity index (χ0n) is 11.9. The number of carbonyl (C=O) groups excluding carboxylic acids is 2. The molecular weight excluding hydrogens is 272 g/mol. The predicted octanol–water partition coefficient (Wildman–Crippen LogP) is -0.772. The van der Waals surface area contributed by atoms with Gasteiger partial charge >= 0.3 is 11.9 Å². The average Bonchev–Trinajstić information content (AvgIpc) is 2.37. The lowest BCUT2D eigenvalue weighted by Crippen LogP contribution is -2.61. The fraction of sp³-hybridized carbons (Fsp3) is 0.833. The first-order valence-corrected chi connectivity index (χ1v) is 6.10. The highest BCUT2D eigenvalue weighted by atomic mass is 16.7. The van der Waals surface area contributed by atoms with Crippen molar-refractivity contribution in [3.05, 3.63) is 0 Å². The molecule has 5 atom stereocenters. The first-order chi connectivity index (χ1) is 9.40. The molecule has 0 saturated carbocycles. The second-order valence-electron chi connectivity index (χ2n) is 4.34. The highest BCUT2D eigenvalue weighted by Gasteiger charge is 2.48. The third kappa shape index (κ3) is 4.14. The van der Waals surface area contributed by atoms with E-state index in [2.05, 4.69) is 0 Å². The van der Waals surface area contributed by atoms with Crippen LogP contribution in [0.3, 0.4) is 0 Å². The third-order valence-electron chi connectivity index (χ3n) is 2.91. The van der Waals surface area contributed by atoms with Gasteiger partial charge in [-0.2, -0.15) is 0 Å². The zero-order valence-corrected chi connectivity index (χ0v) is 11.9. The van der Waals surface area contributed by atoms with Gasteiger partial charge < -0.3 is 28.8 Å². The van der Waals surface area contributed by atoms with Gasteiger partial charge in [0.2, 0.25) is 0 Å². The summed E-state index contributed by atoms with van der Waals surface area (Å²) >= 11 is 0. The molecule has 1 saturated heterocycles. The number of hydrogen-bond donors (Lipinski definition) is 1. The molecule has 8 heteroatoms. The molecule has 0 bridgehead atoms. The number of hydrogen-bond acceptors (Lipinski definition) is 8. The molecule has 0 unspecified atom stereocenters. The summed E-state index contributed by atoms with van der Waals surface area (Å²) in [7, 11) is 2.77. The van der Waals surface area contributed by atoms with Crippen molar-refractivity contribution in [3.8, 4) is 0 Å². The predicted molar refractivity (Wildman–Crippen MR) is 64.7 cm³/mol. The van der Waals surface area contributed by atoms with E-state index in [0.29, 0.717) is 0 Å². The summed E-state index contributed by atoms with van der Waals surface area (Å²) in [6, 6.07) is 0. The minimum atomic E-state index is -1.28. The van der Waals surface area contributed by atoms with Crippen molar-refractivity contribution in [2.75, 3.05) is 20.8 Å². The van der Waals surface area contributed by atoms with Crippen LogP contribution in [0.25, 0.3) is 0 Å². The van der Waals surface area contributed by atoms with Gasteiger partial charge in [-0.1, -0.05) is 0 Å². The average molecular weight is 292 g/mol. The van der Waals surface area contributed by atoms with Gasteiger partial charge in [-0.15, -0.1) is 0 Å². The molecule has 1 N–H and O–H groups in total. The molecule has 20 heavy (non-hydrogen) atoms. The monoisotopic (exact) mass is 292 g/mol. The van der Waals surface area contributed by atoms with Crippen molar-refractivity contribution < 1.29 is 38.4 Å². The molecule has 1 aliphatic rings. The summed E-state index contributed by atoms with van der Waals surface area (Å²) in [6.07, 6.45) is -4.54. The number of carbonyl (C=O) groups is 2. The van der Waals surface area contributed by atoms with Crippen molar-refractivity contribution >= 4 is 11.9 Å². The minimum Gasteiger partial charge on any atom is -0.463 e. The summed E-state index contributed by atoms with van der Waals surface area (Å²) < 4.78 is 25.6. The van der Waals surface area contributed by atoms with Crippen molar-refractivity contribution in [1.82, 2.24) is 0 Å². The Morgan fingerprint density at radius 2 is 1.65 bits per heavy atom. The zero-order chi connectivity index (χ0) is 15.3. The maximum Gasteiger partial charge on any atom is 0.303 e. The van der Waals surface area contributed by atoms with Gasteiger partial charge in [-0.3, -0.25) is 9.59 Å². The van der Waals surface area contributed by atoms with E-state index in [1.165, 1.54) is 28.1 Å². The normalized spacial score (nSPS) is 33.5. The summed E-state index contributed by atoms with van der Waals surface area (Å²) in [5.41, 5.74) is 0. The van der Waals surface area contributed by atoms with E-state index in [-0.39, 0.29) is 6.61 Å². The molecule has 1 aliphatic heterocycles. The first kappa shape index (κ1) is 16.8. The van der Waals surface area contributed by atoms with Crippen LogP contribution in [0.5, 0.6) is 0 Å². The molecular formula is C12H20O8. The van der Waals surface area contributed by atoms with E-state index in [9.17, 15) is 14.7 Å². The van der Waals surface area contributed by atoms with Crippen LogP contribution in [0.15, 0.2) is 0 Å². The van der Waals surface area contributed by atoms with E-state index in [1.54, 1.807) is 0 Å². The quantitative estimate of drug-likeness (QED) is 0.659. The molecule has 0 aromatic heterocycles. The smallest absolute Gasteiger partial charge is 0.303 e. The Hall–Kier alpha value is -1.22. The maximum absolute atomic E-state index is 11.2. The van der Waals surface area contributed by atoms with Crippen LogP contribution in [0.2, 0.25) is 0 Å². The van der Waals surface area contributed by atoms with Crippen LogP contribution in [0.1, 0.15) is 13.8 Å². The van der Waals surface area contributed by atoms with Crippen LogP contribution >= 0.6 is 0 Å². The van der Waals surface area contributed by atoms with Crippen LogP contribution in [0.4, 0.5) is 0 Å². The highest BCUT2D eigenvalue weighted by Crippen LogP contribution is 2.26. The Labute approximate surface area is 116 Å². The first-order valence-electron chi connectivity index (χ1n) is 6.10. The second kappa shape index (κ2) is 7.53. The summed E-state index contributed by atoms with van der Waals surface area (Å²) in [5, 5.41) is 9.85. The fourth-order valence-electron chi connectivity index (χ4n) is 2.08. The van der Waals surface area contributed by atoms with Crippen molar-refractivity contribution in [3.63, 3.8) is 0 Å². The Morgan fingerprint density at radius 1 is 1.05 bits per heavy atom. The number of ether oxygens (including phenoxy) is 5. The number of rotatable bonds is 5. The lowest BCUT2D eigenvalue weighted by atomic mass is 9.98. The Balaban J connectivity index is 2.89. The topological polar surface area (TPSA) is 101 Å². The Morgan fingerprint density at radius 3 is 2.10 bits per heavy atom. The number of methoxy groups -OCH3 is 2. The van der Waals surface area contributed by atoms with Gasteiger partial charge in [0.1, 0.15) is 24.9 Å². The number of aliphatic hydroxyl groups is 1. The standard InChI is InChI=1S/C12H20O8/c1-6(13)18-5-8-9(19-7(2)14)10(16-3)11(17-4)12(15)20-8/h8-12,15H,5H2,1-4H3/t8-,9-,10+,11-,12-/m1/s1. The molecule has 0 aliphatic carbocycles. The van der Waals surface area contributed by atoms with E-state index in [0.717, 1.165) is 0 Å². The Bertz CT molecular complexity index is 344. The van der Waals surface area contributed by atoms with Gasteiger partial charge in [0, 0.05) is 28.1 Å². The van der Waals surface area contributed by atoms with Crippen molar-refractivity contribution in [1.29, 1.82) is 0 Å². The van der Waals surface area contributed by atoms with Gasteiger partial charge in [-0.05, 0) is 0 Å². The SMILES string of the molecule is CO[C@@H]1[C@@H](OC)[C@H](O)O[C@H](COC(C)=O)[C@H]1OC(C)=O. The van der Waals surface area contributed by atoms with Gasteiger partial charge in [0.15, 0.2) is 12.4 Å². The summed E-state index contributed by atoms with van der Waals surface area (Å²) in [5.74, 6) is -1.05. The van der Waals surface area contributed by atoms with Gasteiger partial charge in [0.25, 0.3) is 0 Å². The number of aliphatic hydroxyl groups excluding tert-OH is 1. The van der Waals surface area contributed by atoms with Crippen LogP contribution in [-0.4, -0.2) is 68.6 Å². The van der Waals surface area contributed by atoms with E-state index >= 15 is 0 Å². The largest absolute Gasteiger partial charge is 0.463 e. The molecule has 116 valence electrons. The molecule has 0 radical (unpaired) electrons. The molecule has 1 heterocycles. The lowest BCUT2D eigenvalue weighted by molar-refractivity contribution is -0.298.